The normalized spacial score (nSPS) is 9.90. The van der Waals surface area contributed by atoms with Crippen molar-refractivity contribution in [3.63, 3.8) is 0 Å². The maximum atomic E-state index is 13.6. The minimum absolute atomic E-state index is 0.129. The summed E-state index contributed by atoms with van der Waals surface area (Å²) in [6, 6.07) is 9.90. The first-order valence-corrected chi connectivity index (χ1v) is 6.75. The van der Waals surface area contributed by atoms with Crippen LogP contribution in [0, 0.1) is 24.6 Å². The number of aliphatic hydroxyl groups is 1. The second-order valence-electron chi connectivity index (χ2n) is 4.46. The van der Waals surface area contributed by atoms with Gasteiger partial charge in [-0.2, -0.15) is 0 Å². The summed E-state index contributed by atoms with van der Waals surface area (Å²) in [5.74, 6) is 5.70. The van der Waals surface area contributed by atoms with Crippen LogP contribution in [0.5, 0.6) is 5.75 Å². The molecule has 0 aliphatic rings. The lowest BCUT2D eigenvalue weighted by Crippen LogP contribution is -1.99. The fraction of sp³-hybridized carbons (Fsp3) is 0.176. The zero-order valence-corrected chi connectivity index (χ0v) is 12.2. The molecular formula is C17H14ClFO2. The minimum atomic E-state index is -0.385. The molecule has 0 amide bonds. The Kier molecular flexibility index (Phi) is 5.21. The van der Waals surface area contributed by atoms with Crippen molar-refractivity contribution in [3.8, 4) is 17.6 Å². The summed E-state index contributed by atoms with van der Waals surface area (Å²) in [5.41, 5.74) is 2.21. The first-order chi connectivity index (χ1) is 10.1. The summed E-state index contributed by atoms with van der Waals surface area (Å²) in [7, 11) is 0. The van der Waals surface area contributed by atoms with Gasteiger partial charge >= 0.3 is 0 Å². The molecule has 0 bridgehead atoms. The van der Waals surface area contributed by atoms with Crippen LogP contribution in [0.1, 0.15) is 16.7 Å². The summed E-state index contributed by atoms with van der Waals surface area (Å²) in [6.07, 6.45) is 0. The number of halogens is 2. The molecule has 0 radical (unpaired) electrons. The van der Waals surface area contributed by atoms with Crippen molar-refractivity contribution >= 4 is 11.6 Å². The summed E-state index contributed by atoms with van der Waals surface area (Å²) in [5, 5.41) is 9.05. The van der Waals surface area contributed by atoms with Crippen LogP contribution in [-0.2, 0) is 6.61 Å². The Morgan fingerprint density at radius 1 is 1.24 bits per heavy atom. The third-order valence-electron chi connectivity index (χ3n) is 2.91. The molecule has 1 N–H and O–H groups in total. The van der Waals surface area contributed by atoms with Crippen LogP contribution >= 0.6 is 11.6 Å². The van der Waals surface area contributed by atoms with Crippen molar-refractivity contribution in [1.82, 2.24) is 0 Å². The van der Waals surface area contributed by atoms with Crippen LogP contribution in [0.2, 0.25) is 5.02 Å². The molecule has 0 saturated carbocycles. The first-order valence-electron chi connectivity index (χ1n) is 6.37. The largest absolute Gasteiger partial charge is 0.489 e. The van der Waals surface area contributed by atoms with Gasteiger partial charge in [0.1, 0.15) is 24.8 Å². The molecule has 0 atom stereocenters. The first kappa shape index (κ1) is 15.4. The van der Waals surface area contributed by atoms with Crippen molar-refractivity contribution < 1.29 is 14.2 Å². The van der Waals surface area contributed by atoms with Crippen LogP contribution < -0.4 is 4.74 Å². The van der Waals surface area contributed by atoms with E-state index in [9.17, 15) is 4.39 Å². The molecule has 0 unspecified atom stereocenters. The van der Waals surface area contributed by atoms with E-state index in [0.29, 0.717) is 16.3 Å². The topological polar surface area (TPSA) is 29.5 Å². The summed E-state index contributed by atoms with van der Waals surface area (Å²) in [4.78, 5) is 0. The molecule has 0 saturated heterocycles. The molecule has 0 heterocycles. The van der Waals surface area contributed by atoms with Gasteiger partial charge in [-0.05, 0) is 42.8 Å². The van der Waals surface area contributed by atoms with Crippen molar-refractivity contribution in [2.24, 2.45) is 0 Å². The number of aliphatic hydroxyl groups excluding tert-OH is 1. The van der Waals surface area contributed by atoms with Crippen LogP contribution in [0.3, 0.4) is 0 Å². The maximum absolute atomic E-state index is 13.6. The Hall–Kier alpha value is -2.02. The average molecular weight is 305 g/mol. The molecule has 0 aliphatic carbocycles. The fourth-order valence-electron chi connectivity index (χ4n) is 1.80. The predicted octanol–water partition coefficient (Wildman–Crippen LogP) is 3.71. The fourth-order valence-corrected chi connectivity index (χ4v) is 1.96. The average Bonchev–Trinajstić information content (AvgIpc) is 2.45. The predicted molar refractivity (Wildman–Crippen MR) is 80.9 cm³/mol. The molecule has 2 rings (SSSR count). The molecule has 2 aromatic carbocycles. The highest BCUT2D eigenvalue weighted by atomic mass is 35.5. The molecule has 2 nitrogen and oxygen atoms in total. The third kappa shape index (κ3) is 4.22. The highest BCUT2D eigenvalue weighted by Crippen LogP contribution is 2.20. The summed E-state index contributed by atoms with van der Waals surface area (Å²) < 4.78 is 19.2. The van der Waals surface area contributed by atoms with Gasteiger partial charge in [0.15, 0.2) is 0 Å². The Labute approximate surface area is 128 Å². The molecule has 0 aliphatic heterocycles. The van der Waals surface area contributed by atoms with Crippen molar-refractivity contribution in [1.29, 1.82) is 0 Å². The maximum Gasteiger partial charge on any atom is 0.131 e. The zero-order chi connectivity index (χ0) is 15.2. The lowest BCUT2D eigenvalue weighted by Gasteiger charge is -2.09. The Balaban J connectivity index is 2.08. The lowest BCUT2D eigenvalue weighted by molar-refractivity contribution is 0.299. The Morgan fingerprint density at radius 2 is 2.05 bits per heavy atom. The molecule has 21 heavy (non-hydrogen) atoms. The zero-order valence-electron chi connectivity index (χ0n) is 11.5. The molecule has 0 fully saturated rings. The van der Waals surface area contributed by atoms with E-state index in [-0.39, 0.29) is 19.0 Å². The SMILES string of the molecule is Cc1cc(OCc2ccc(Cl)cc2F)ccc1C#CCO. The molecule has 2 aromatic rings. The second kappa shape index (κ2) is 7.12. The number of hydrogen-bond acceptors (Lipinski definition) is 2. The standard InChI is InChI=1S/C17H14ClFO2/c1-12-9-16(7-5-13(12)3-2-8-20)21-11-14-4-6-15(18)10-17(14)19/h4-7,9-10,20H,8,11H2,1H3. The smallest absolute Gasteiger partial charge is 0.131 e. The summed E-state index contributed by atoms with van der Waals surface area (Å²) in [6.45, 7) is 1.86. The van der Waals surface area contributed by atoms with Crippen LogP contribution in [0.25, 0.3) is 0 Å². The van der Waals surface area contributed by atoms with E-state index in [1.165, 1.54) is 6.07 Å². The van der Waals surface area contributed by atoms with Gasteiger partial charge in [0, 0.05) is 16.1 Å². The van der Waals surface area contributed by atoms with Crippen molar-refractivity contribution in [2.45, 2.75) is 13.5 Å². The van der Waals surface area contributed by atoms with E-state index in [1.54, 1.807) is 18.2 Å². The van der Waals surface area contributed by atoms with Crippen LogP contribution in [0.4, 0.5) is 4.39 Å². The van der Waals surface area contributed by atoms with Gasteiger partial charge < -0.3 is 9.84 Å². The molecule has 108 valence electrons. The van der Waals surface area contributed by atoms with Gasteiger partial charge in [-0.25, -0.2) is 4.39 Å². The van der Waals surface area contributed by atoms with E-state index in [1.807, 2.05) is 19.1 Å². The second-order valence-corrected chi connectivity index (χ2v) is 4.90. The number of rotatable bonds is 3. The van der Waals surface area contributed by atoms with Crippen LogP contribution in [0.15, 0.2) is 36.4 Å². The van der Waals surface area contributed by atoms with E-state index in [2.05, 4.69) is 11.8 Å². The Bertz CT molecular complexity index is 702. The number of hydrogen-bond donors (Lipinski definition) is 1. The van der Waals surface area contributed by atoms with E-state index >= 15 is 0 Å². The summed E-state index contributed by atoms with van der Waals surface area (Å²) >= 11 is 5.70. The van der Waals surface area contributed by atoms with E-state index < -0.39 is 0 Å². The van der Waals surface area contributed by atoms with Gasteiger partial charge in [-0.3, -0.25) is 0 Å². The van der Waals surface area contributed by atoms with Gasteiger partial charge in [0.2, 0.25) is 0 Å². The highest BCUT2D eigenvalue weighted by molar-refractivity contribution is 6.30. The number of aryl methyl sites for hydroxylation is 1. The van der Waals surface area contributed by atoms with Gasteiger partial charge in [-0.1, -0.05) is 29.5 Å². The number of benzene rings is 2. The van der Waals surface area contributed by atoms with E-state index in [4.69, 9.17) is 21.4 Å². The Morgan fingerprint density at radius 3 is 2.71 bits per heavy atom. The van der Waals surface area contributed by atoms with Crippen molar-refractivity contribution in [3.05, 3.63) is 63.9 Å². The van der Waals surface area contributed by atoms with Gasteiger partial charge in [-0.15, -0.1) is 0 Å². The van der Waals surface area contributed by atoms with Crippen LogP contribution in [-0.4, -0.2) is 11.7 Å². The lowest BCUT2D eigenvalue weighted by atomic mass is 10.1. The van der Waals surface area contributed by atoms with Gasteiger partial charge in [0.05, 0.1) is 0 Å². The third-order valence-corrected chi connectivity index (χ3v) is 3.14. The monoisotopic (exact) mass is 304 g/mol. The van der Waals surface area contributed by atoms with E-state index in [0.717, 1.165) is 11.1 Å². The molecule has 0 spiro atoms. The highest BCUT2D eigenvalue weighted by Gasteiger charge is 2.05. The van der Waals surface area contributed by atoms with Crippen molar-refractivity contribution in [2.75, 3.05) is 6.61 Å². The molecule has 0 aromatic heterocycles. The van der Waals surface area contributed by atoms with Gasteiger partial charge in [0.25, 0.3) is 0 Å². The molecule has 4 heteroatoms. The molecular weight excluding hydrogens is 291 g/mol. The number of ether oxygens (including phenoxy) is 1. The minimum Gasteiger partial charge on any atom is -0.489 e. The quantitative estimate of drug-likeness (QED) is 0.876.